The summed E-state index contributed by atoms with van der Waals surface area (Å²) < 4.78 is 0. The molecule has 1 aliphatic rings. The molecular formula is C16H22ClNO2. The summed E-state index contributed by atoms with van der Waals surface area (Å²) in [5, 5.41) is 9.78. The molecule has 4 heteroatoms. The predicted molar refractivity (Wildman–Crippen MR) is 81.1 cm³/mol. The number of benzene rings is 1. The second-order valence-corrected chi connectivity index (χ2v) is 5.75. The van der Waals surface area contributed by atoms with E-state index in [-0.39, 0.29) is 18.1 Å². The summed E-state index contributed by atoms with van der Waals surface area (Å²) in [5.74, 6) is 0.720. The maximum absolute atomic E-state index is 12.5. The van der Waals surface area contributed by atoms with Crippen molar-refractivity contribution in [2.24, 2.45) is 0 Å². The SMILES string of the molecule is O=C(Cc1ccccc1O)N(CCCl)C1CCCCC1. The maximum Gasteiger partial charge on any atom is 0.227 e. The number of phenolic OH excluding ortho intramolecular Hbond substituents is 1. The number of aromatic hydroxyl groups is 1. The zero-order valence-electron chi connectivity index (χ0n) is 11.7. The fraction of sp³-hybridized carbons (Fsp3) is 0.562. The lowest BCUT2D eigenvalue weighted by molar-refractivity contribution is -0.133. The lowest BCUT2D eigenvalue weighted by Crippen LogP contribution is -2.43. The number of carbonyl (C=O) groups excluding carboxylic acids is 1. The van der Waals surface area contributed by atoms with Crippen molar-refractivity contribution < 1.29 is 9.90 Å². The van der Waals surface area contributed by atoms with Crippen molar-refractivity contribution >= 4 is 17.5 Å². The van der Waals surface area contributed by atoms with E-state index in [0.717, 1.165) is 12.8 Å². The van der Waals surface area contributed by atoms with Gasteiger partial charge in [-0.1, -0.05) is 37.5 Å². The number of hydrogen-bond acceptors (Lipinski definition) is 2. The summed E-state index contributed by atoms with van der Waals surface area (Å²) in [4.78, 5) is 14.4. The monoisotopic (exact) mass is 295 g/mol. The molecule has 0 saturated heterocycles. The minimum Gasteiger partial charge on any atom is -0.508 e. The Balaban J connectivity index is 2.04. The van der Waals surface area contributed by atoms with E-state index >= 15 is 0 Å². The fourth-order valence-electron chi connectivity index (χ4n) is 2.92. The minimum atomic E-state index is 0.0686. The highest BCUT2D eigenvalue weighted by Gasteiger charge is 2.25. The second kappa shape index (κ2) is 7.53. The third kappa shape index (κ3) is 3.89. The van der Waals surface area contributed by atoms with Crippen LogP contribution in [0.2, 0.25) is 0 Å². The Kier molecular flexibility index (Phi) is 5.72. The summed E-state index contributed by atoms with van der Waals surface area (Å²) in [6.45, 7) is 0.596. The predicted octanol–water partition coefficient (Wildman–Crippen LogP) is 3.33. The van der Waals surface area contributed by atoms with Crippen LogP contribution in [-0.2, 0) is 11.2 Å². The number of halogens is 1. The van der Waals surface area contributed by atoms with Gasteiger partial charge in [-0.25, -0.2) is 0 Å². The summed E-state index contributed by atoms with van der Waals surface area (Å²) in [6.07, 6.45) is 6.03. The Morgan fingerprint density at radius 1 is 1.25 bits per heavy atom. The van der Waals surface area contributed by atoms with Crippen LogP contribution in [-0.4, -0.2) is 34.4 Å². The van der Waals surface area contributed by atoms with Gasteiger partial charge in [0.15, 0.2) is 0 Å². The number of phenols is 1. The molecule has 0 aliphatic heterocycles. The fourth-order valence-corrected chi connectivity index (χ4v) is 3.10. The van der Waals surface area contributed by atoms with Crippen molar-refractivity contribution in [1.82, 2.24) is 4.90 Å². The number of nitrogens with zero attached hydrogens (tertiary/aromatic N) is 1. The topological polar surface area (TPSA) is 40.5 Å². The third-order valence-corrected chi connectivity index (χ3v) is 4.16. The highest BCUT2D eigenvalue weighted by atomic mass is 35.5. The molecule has 1 N–H and O–H groups in total. The Bertz CT molecular complexity index is 444. The van der Waals surface area contributed by atoms with E-state index in [4.69, 9.17) is 11.6 Å². The molecule has 1 aromatic carbocycles. The molecule has 0 spiro atoms. The highest BCUT2D eigenvalue weighted by molar-refractivity contribution is 6.18. The van der Waals surface area contributed by atoms with Crippen LogP contribution in [0.3, 0.4) is 0 Å². The van der Waals surface area contributed by atoms with Crippen LogP contribution in [0, 0.1) is 0 Å². The van der Waals surface area contributed by atoms with Crippen molar-refractivity contribution in [3.05, 3.63) is 29.8 Å². The molecule has 1 fully saturated rings. The standard InChI is InChI=1S/C16H22ClNO2/c17-10-11-18(14-7-2-1-3-8-14)16(20)12-13-6-4-5-9-15(13)19/h4-6,9,14,19H,1-3,7-8,10-12H2. The van der Waals surface area contributed by atoms with Gasteiger partial charge in [-0.2, -0.15) is 0 Å². The maximum atomic E-state index is 12.5. The molecule has 110 valence electrons. The first-order valence-corrected chi connectivity index (χ1v) is 7.88. The molecule has 0 radical (unpaired) electrons. The average Bonchev–Trinajstić information content (AvgIpc) is 2.48. The number of amides is 1. The smallest absolute Gasteiger partial charge is 0.227 e. The van der Waals surface area contributed by atoms with E-state index in [1.807, 2.05) is 11.0 Å². The van der Waals surface area contributed by atoms with Crippen molar-refractivity contribution in [3.8, 4) is 5.75 Å². The number of rotatable bonds is 5. The molecule has 0 aromatic heterocycles. The van der Waals surface area contributed by atoms with Gasteiger partial charge in [0.25, 0.3) is 0 Å². The molecule has 2 rings (SSSR count). The average molecular weight is 296 g/mol. The van der Waals surface area contributed by atoms with Crippen LogP contribution in [0.25, 0.3) is 0 Å². The normalized spacial score (nSPS) is 16.1. The van der Waals surface area contributed by atoms with Crippen molar-refractivity contribution in [3.63, 3.8) is 0 Å². The Morgan fingerprint density at radius 2 is 1.95 bits per heavy atom. The zero-order chi connectivity index (χ0) is 14.4. The van der Waals surface area contributed by atoms with E-state index in [0.29, 0.717) is 24.0 Å². The lowest BCUT2D eigenvalue weighted by Gasteiger charge is -2.34. The van der Waals surface area contributed by atoms with Crippen molar-refractivity contribution in [2.75, 3.05) is 12.4 Å². The molecule has 3 nitrogen and oxygen atoms in total. The van der Waals surface area contributed by atoms with Crippen LogP contribution in [0.4, 0.5) is 0 Å². The highest BCUT2D eigenvalue weighted by Crippen LogP contribution is 2.24. The van der Waals surface area contributed by atoms with Crippen molar-refractivity contribution in [1.29, 1.82) is 0 Å². The van der Waals surface area contributed by atoms with Crippen LogP contribution in [0.15, 0.2) is 24.3 Å². The quantitative estimate of drug-likeness (QED) is 0.847. The van der Waals surface area contributed by atoms with Gasteiger partial charge in [0.05, 0.1) is 6.42 Å². The van der Waals surface area contributed by atoms with Crippen LogP contribution in [0.5, 0.6) is 5.75 Å². The number of carbonyl (C=O) groups is 1. The van der Waals surface area contributed by atoms with Crippen molar-refractivity contribution in [2.45, 2.75) is 44.6 Å². The van der Waals surface area contributed by atoms with E-state index in [1.165, 1.54) is 19.3 Å². The summed E-state index contributed by atoms with van der Waals surface area (Å²) >= 11 is 5.85. The van der Waals surface area contributed by atoms with Gasteiger partial charge in [0, 0.05) is 24.0 Å². The van der Waals surface area contributed by atoms with E-state index < -0.39 is 0 Å². The number of hydrogen-bond donors (Lipinski definition) is 1. The molecule has 1 aliphatic carbocycles. The van der Waals surface area contributed by atoms with Gasteiger partial charge in [-0.05, 0) is 18.9 Å². The molecule has 1 saturated carbocycles. The van der Waals surface area contributed by atoms with Gasteiger partial charge in [0.1, 0.15) is 5.75 Å². The molecule has 1 aromatic rings. The third-order valence-electron chi connectivity index (χ3n) is 3.99. The van der Waals surface area contributed by atoms with E-state index in [9.17, 15) is 9.90 Å². The molecule has 0 bridgehead atoms. The molecule has 0 atom stereocenters. The van der Waals surface area contributed by atoms with E-state index in [2.05, 4.69) is 0 Å². The first-order chi connectivity index (χ1) is 9.72. The van der Waals surface area contributed by atoms with Crippen LogP contribution < -0.4 is 0 Å². The number of alkyl halides is 1. The minimum absolute atomic E-state index is 0.0686. The molecule has 0 unspecified atom stereocenters. The Labute approximate surface area is 125 Å². The van der Waals surface area contributed by atoms with Gasteiger partial charge in [-0.3, -0.25) is 4.79 Å². The zero-order valence-corrected chi connectivity index (χ0v) is 12.5. The second-order valence-electron chi connectivity index (χ2n) is 5.37. The van der Waals surface area contributed by atoms with Crippen LogP contribution >= 0.6 is 11.6 Å². The summed E-state index contributed by atoms with van der Waals surface area (Å²) in [6, 6.07) is 7.35. The largest absolute Gasteiger partial charge is 0.508 e. The summed E-state index contributed by atoms with van der Waals surface area (Å²) in [5.41, 5.74) is 0.688. The van der Waals surface area contributed by atoms with E-state index in [1.54, 1.807) is 18.2 Å². The van der Waals surface area contributed by atoms with Gasteiger partial charge in [-0.15, -0.1) is 11.6 Å². The van der Waals surface area contributed by atoms with Crippen LogP contribution in [0.1, 0.15) is 37.7 Å². The lowest BCUT2D eigenvalue weighted by atomic mass is 9.93. The number of para-hydroxylation sites is 1. The first-order valence-electron chi connectivity index (χ1n) is 7.34. The first kappa shape index (κ1) is 15.2. The Hall–Kier alpha value is -1.22. The molecule has 20 heavy (non-hydrogen) atoms. The molecule has 1 amide bonds. The summed E-state index contributed by atoms with van der Waals surface area (Å²) in [7, 11) is 0. The van der Waals surface area contributed by atoms with Gasteiger partial charge in [0.2, 0.25) is 5.91 Å². The van der Waals surface area contributed by atoms with Gasteiger partial charge >= 0.3 is 0 Å². The van der Waals surface area contributed by atoms with Gasteiger partial charge < -0.3 is 10.0 Å². The molecule has 0 heterocycles. The Morgan fingerprint density at radius 3 is 2.60 bits per heavy atom. The molecular weight excluding hydrogens is 274 g/mol.